The molecule has 1 aromatic carbocycles. The number of amides is 1. The highest BCUT2D eigenvalue weighted by Crippen LogP contribution is 2.23. The molecular formula is C22H30N6O2. The van der Waals surface area contributed by atoms with E-state index in [0.717, 1.165) is 56.7 Å². The number of anilines is 2. The second kappa shape index (κ2) is 8.87. The van der Waals surface area contributed by atoms with Crippen LogP contribution in [0.5, 0.6) is 5.75 Å². The van der Waals surface area contributed by atoms with Crippen LogP contribution in [-0.4, -0.2) is 92.2 Å². The fourth-order valence-electron chi connectivity index (χ4n) is 4.03. The van der Waals surface area contributed by atoms with Crippen molar-refractivity contribution < 1.29 is 9.53 Å². The molecule has 30 heavy (non-hydrogen) atoms. The van der Waals surface area contributed by atoms with E-state index in [-0.39, 0.29) is 5.91 Å². The van der Waals surface area contributed by atoms with E-state index in [0.29, 0.717) is 24.4 Å². The average Bonchev–Trinajstić information content (AvgIpc) is 2.78. The van der Waals surface area contributed by atoms with Gasteiger partial charge in [0.15, 0.2) is 0 Å². The fraction of sp³-hybridized carbons (Fsp3) is 0.500. The highest BCUT2D eigenvalue weighted by Gasteiger charge is 2.25. The van der Waals surface area contributed by atoms with Crippen molar-refractivity contribution in [2.45, 2.75) is 6.92 Å². The Kier molecular flexibility index (Phi) is 6.03. The molecule has 4 rings (SSSR count). The number of aryl methyl sites for hydroxylation is 1. The maximum Gasteiger partial charge on any atom is 0.257 e. The molecule has 0 radical (unpaired) electrons. The number of carbonyl (C=O) groups is 1. The van der Waals surface area contributed by atoms with Crippen molar-refractivity contribution in [3.05, 3.63) is 41.7 Å². The first-order valence-corrected chi connectivity index (χ1v) is 10.5. The summed E-state index contributed by atoms with van der Waals surface area (Å²) in [5, 5.41) is 0. The number of hydrogen-bond donors (Lipinski definition) is 0. The molecule has 0 atom stereocenters. The van der Waals surface area contributed by atoms with E-state index in [1.165, 1.54) is 0 Å². The lowest BCUT2D eigenvalue weighted by molar-refractivity contribution is 0.0743. The molecule has 3 heterocycles. The van der Waals surface area contributed by atoms with Gasteiger partial charge in [0.2, 0.25) is 0 Å². The number of para-hydroxylation sites is 1. The molecule has 1 amide bonds. The van der Waals surface area contributed by atoms with Crippen LogP contribution in [-0.2, 0) is 0 Å². The zero-order chi connectivity index (χ0) is 21.1. The van der Waals surface area contributed by atoms with Crippen molar-refractivity contribution in [2.24, 2.45) is 0 Å². The molecule has 0 bridgehead atoms. The largest absolute Gasteiger partial charge is 0.496 e. The molecule has 0 aliphatic carbocycles. The molecule has 2 saturated heterocycles. The maximum atomic E-state index is 13.0. The lowest BCUT2D eigenvalue weighted by Gasteiger charge is -2.37. The van der Waals surface area contributed by atoms with Gasteiger partial charge in [-0.2, -0.15) is 0 Å². The van der Waals surface area contributed by atoms with Crippen LogP contribution in [0.1, 0.15) is 16.2 Å². The zero-order valence-electron chi connectivity index (χ0n) is 18.0. The summed E-state index contributed by atoms with van der Waals surface area (Å²) in [6.45, 7) is 8.81. The molecule has 2 aromatic rings. The molecule has 1 aromatic heterocycles. The molecule has 2 fully saturated rings. The van der Waals surface area contributed by atoms with Gasteiger partial charge in [-0.05, 0) is 26.1 Å². The number of benzene rings is 1. The molecule has 2 aliphatic heterocycles. The summed E-state index contributed by atoms with van der Waals surface area (Å²) in [6.07, 6.45) is 0. The maximum absolute atomic E-state index is 13.0. The van der Waals surface area contributed by atoms with Gasteiger partial charge in [-0.3, -0.25) is 4.79 Å². The third-order valence-electron chi connectivity index (χ3n) is 5.87. The third-order valence-corrected chi connectivity index (χ3v) is 5.87. The number of carbonyl (C=O) groups excluding carboxylic acids is 1. The summed E-state index contributed by atoms with van der Waals surface area (Å²) in [5.74, 6) is 3.37. The number of methoxy groups -OCH3 is 1. The number of rotatable bonds is 4. The quantitative estimate of drug-likeness (QED) is 0.757. The molecule has 0 unspecified atom stereocenters. The molecule has 0 spiro atoms. The monoisotopic (exact) mass is 410 g/mol. The zero-order valence-corrected chi connectivity index (χ0v) is 18.0. The second-order valence-electron chi connectivity index (χ2n) is 7.90. The minimum absolute atomic E-state index is 0.0177. The summed E-state index contributed by atoms with van der Waals surface area (Å²) >= 11 is 0. The lowest BCUT2D eigenvalue weighted by Crippen LogP contribution is -2.49. The van der Waals surface area contributed by atoms with E-state index < -0.39 is 0 Å². The van der Waals surface area contributed by atoms with Gasteiger partial charge in [0.1, 0.15) is 23.2 Å². The smallest absolute Gasteiger partial charge is 0.257 e. The Morgan fingerprint density at radius 1 is 0.900 bits per heavy atom. The Morgan fingerprint density at radius 2 is 1.47 bits per heavy atom. The summed E-state index contributed by atoms with van der Waals surface area (Å²) in [7, 11) is 3.75. The van der Waals surface area contributed by atoms with Crippen LogP contribution in [0, 0.1) is 6.92 Å². The normalized spacial score (nSPS) is 17.9. The molecule has 8 heteroatoms. The Bertz CT molecular complexity index is 889. The predicted molar refractivity (Wildman–Crippen MR) is 118 cm³/mol. The summed E-state index contributed by atoms with van der Waals surface area (Å²) in [4.78, 5) is 31.1. The van der Waals surface area contributed by atoms with Crippen LogP contribution in [0.15, 0.2) is 30.3 Å². The van der Waals surface area contributed by atoms with Crippen LogP contribution in [0.4, 0.5) is 11.6 Å². The van der Waals surface area contributed by atoms with Crippen molar-refractivity contribution in [3.8, 4) is 5.75 Å². The van der Waals surface area contributed by atoms with Gasteiger partial charge in [0.05, 0.1) is 12.7 Å². The van der Waals surface area contributed by atoms with Crippen molar-refractivity contribution in [3.63, 3.8) is 0 Å². The predicted octanol–water partition coefficient (Wildman–Crippen LogP) is 1.51. The highest BCUT2D eigenvalue weighted by molar-refractivity contribution is 5.97. The second-order valence-corrected chi connectivity index (χ2v) is 7.90. The van der Waals surface area contributed by atoms with E-state index in [2.05, 4.69) is 37.8 Å². The molecule has 8 nitrogen and oxygen atoms in total. The first-order chi connectivity index (χ1) is 14.5. The van der Waals surface area contributed by atoms with Gasteiger partial charge < -0.3 is 24.3 Å². The van der Waals surface area contributed by atoms with Crippen LogP contribution in [0.3, 0.4) is 0 Å². The number of aromatic nitrogens is 2. The number of nitrogens with zero attached hydrogens (tertiary/aromatic N) is 6. The van der Waals surface area contributed by atoms with Crippen molar-refractivity contribution in [1.29, 1.82) is 0 Å². The Morgan fingerprint density at radius 3 is 2.07 bits per heavy atom. The molecular weight excluding hydrogens is 380 g/mol. The van der Waals surface area contributed by atoms with Gasteiger partial charge in [0, 0.05) is 58.4 Å². The van der Waals surface area contributed by atoms with Crippen LogP contribution >= 0.6 is 0 Å². The van der Waals surface area contributed by atoms with Gasteiger partial charge in [0.25, 0.3) is 5.91 Å². The van der Waals surface area contributed by atoms with Gasteiger partial charge >= 0.3 is 0 Å². The minimum atomic E-state index is 0.0177. The van der Waals surface area contributed by atoms with E-state index in [4.69, 9.17) is 4.74 Å². The van der Waals surface area contributed by atoms with E-state index in [9.17, 15) is 4.79 Å². The first-order valence-electron chi connectivity index (χ1n) is 10.5. The Labute approximate surface area is 178 Å². The third kappa shape index (κ3) is 4.33. The summed E-state index contributed by atoms with van der Waals surface area (Å²) < 4.78 is 5.36. The minimum Gasteiger partial charge on any atom is -0.496 e. The van der Waals surface area contributed by atoms with Crippen molar-refractivity contribution >= 4 is 17.5 Å². The van der Waals surface area contributed by atoms with E-state index in [1.807, 2.05) is 36.1 Å². The molecule has 0 N–H and O–H groups in total. The van der Waals surface area contributed by atoms with Gasteiger partial charge in [-0.25, -0.2) is 9.97 Å². The van der Waals surface area contributed by atoms with E-state index in [1.54, 1.807) is 7.11 Å². The van der Waals surface area contributed by atoms with Crippen molar-refractivity contribution in [2.75, 3.05) is 76.3 Å². The Balaban J connectivity index is 1.43. The van der Waals surface area contributed by atoms with E-state index >= 15 is 0 Å². The number of likely N-dealkylation sites (N-methyl/N-ethyl adjacent to an activating group) is 1. The first kappa shape index (κ1) is 20.4. The molecule has 160 valence electrons. The standard InChI is InChI=1S/C22H30N6O2/c1-17-23-20(26-10-8-25(2)9-11-26)16-21(24-17)27-12-14-28(15-13-27)22(29)18-6-4-5-7-19(18)30-3/h4-7,16H,8-15H2,1-3H3. The average molecular weight is 411 g/mol. The number of hydrogen-bond acceptors (Lipinski definition) is 7. The Hall–Kier alpha value is -2.87. The summed E-state index contributed by atoms with van der Waals surface area (Å²) in [5.41, 5.74) is 0.615. The summed E-state index contributed by atoms with van der Waals surface area (Å²) in [6, 6.07) is 9.49. The van der Waals surface area contributed by atoms with Crippen LogP contribution in [0.2, 0.25) is 0 Å². The molecule has 2 aliphatic rings. The molecule has 0 saturated carbocycles. The fourth-order valence-corrected chi connectivity index (χ4v) is 4.03. The van der Waals surface area contributed by atoms with Crippen molar-refractivity contribution in [1.82, 2.24) is 19.8 Å². The van der Waals surface area contributed by atoms with Crippen LogP contribution in [0.25, 0.3) is 0 Å². The lowest BCUT2D eigenvalue weighted by atomic mass is 10.1. The highest BCUT2D eigenvalue weighted by atomic mass is 16.5. The van der Waals surface area contributed by atoms with Gasteiger partial charge in [-0.1, -0.05) is 12.1 Å². The SMILES string of the molecule is COc1ccccc1C(=O)N1CCN(c2cc(N3CCN(C)CC3)nc(C)n2)CC1. The van der Waals surface area contributed by atoms with Crippen LogP contribution < -0.4 is 14.5 Å². The number of piperazine rings is 2. The number of ether oxygens (including phenoxy) is 1. The topological polar surface area (TPSA) is 65.0 Å². The van der Waals surface area contributed by atoms with Gasteiger partial charge in [-0.15, -0.1) is 0 Å².